The smallest absolute Gasteiger partial charge is 0.289 e. The van der Waals surface area contributed by atoms with Crippen molar-refractivity contribution in [3.63, 3.8) is 0 Å². The number of aryl methyl sites for hydroxylation is 1. The molecule has 2 aromatic heterocycles. The normalized spacial score (nSPS) is 20.0. The van der Waals surface area contributed by atoms with Crippen LogP contribution in [0.1, 0.15) is 22.4 Å². The van der Waals surface area contributed by atoms with E-state index in [2.05, 4.69) is 9.88 Å². The molecule has 1 saturated heterocycles. The van der Waals surface area contributed by atoms with E-state index in [0.717, 1.165) is 12.4 Å². The van der Waals surface area contributed by atoms with Crippen molar-refractivity contribution >= 4 is 17.5 Å². The number of amides is 1. The van der Waals surface area contributed by atoms with E-state index in [4.69, 9.17) is 16.0 Å². The first kappa shape index (κ1) is 14.2. The molecule has 0 spiro atoms. The summed E-state index contributed by atoms with van der Waals surface area (Å²) in [5.74, 6) is 1.10. The molecule has 112 valence electrons. The Kier molecular flexibility index (Phi) is 3.73. The molecule has 21 heavy (non-hydrogen) atoms. The van der Waals surface area contributed by atoms with E-state index in [1.54, 1.807) is 23.2 Å². The van der Waals surface area contributed by atoms with E-state index >= 15 is 0 Å². The number of aromatic nitrogens is 2. The van der Waals surface area contributed by atoms with Gasteiger partial charge in [0.1, 0.15) is 5.82 Å². The lowest BCUT2D eigenvalue weighted by Crippen LogP contribution is -2.49. The first-order valence-electron chi connectivity index (χ1n) is 6.78. The average Bonchev–Trinajstić information content (AvgIpc) is 3.07. The molecular formula is C14H17ClN4O2. The second-order valence-electron chi connectivity index (χ2n) is 5.25. The van der Waals surface area contributed by atoms with Crippen molar-refractivity contribution in [2.45, 2.75) is 6.04 Å². The maximum absolute atomic E-state index is 12.4. The van der Waals surface area contributed by atoms with Crippen LogP contribution in [-0.4, -0.2) is 51.9 Å². The maximum Gasteiger partial charge on any atom is 0.289 e. The van der Waals surface area contributed by atoms with Gasteiger partial charge < -0.3 is 13.9 Å². The fourth-order valence-corrected chi connectivity index (χ4v) is 2.77. The van der Waals surface area contributed by atoms with Crippen molar-refractivity contribution < 1.29 is 9.21 Å². The van der Waals surface area contributed by atoms with Crippen LogP contribution in [0.5, 0.6) is 0 Å². The summed E-state index contributed by atoms with van der Waals surface area (Å²) in [6.07, 6.45) is 3.69. The van der Waals surface area contributed by atoms with Gasteiger partial charge in [-0.15, -0.1) is 0 Å². The van der Waals surface area contributed by atoms with Crippen molar-refractivity contribution in [2.75, 3.05) is 26.7 Å². The third-order valence-corrected chi connectivity index (χ3v) is 4.08. The largest absolute Gasteiger partial charge is 0.440 e. The van der Waals surface area contributed by atoms with Crippen molar-refractivity contribution in [3.05, 3.63) is 41.3 Å². The van der Waals surface area contributed by atoms with Gasteiger partial charge in [-0.1, -0.05) is 0 Å². The minimum atomic E-state index is -0.130. The van der Waals surface area contributed by atoms with Gasteiger partial charge in [0.25, 0.3) is 5.91 Å². The molecule has 1 aliphatic heterocycles. The molecule has 0 radical (unpaired) electrons. The molecule has 0 N–H and O–H groups in total. The Morgan fingerprint density at radius 3 is 2.81 bits per heavy atom. The summed E-state index contributed by atoms with van der Waals surface area (Å²) in [5, 5.41) is 0.230. The number of piperazine rings is 1. The van der Waals surface area contributed by atoms with E-state index in [1.165, 1.54) is 0 Å². The third-order valence-electron chi connectivity index (χ3n) is 3.88. The zero-order valence-corrected chi connectivity index (χ0v) is 12.7. The molecule has 0 unspecified atom stereocenters. The Morgan fingerprint density at radius 2 is 2.19 bits per heavy atom. The Morgan fingerprint density at radius 1 is 1.38 bits per heavy atom. The van der Waals surface area contributed by atoms with Crippen molar-refractivity contribution in [3.8, 4) is 0 Å². The van der Waals surface area contributed by atoms with E-state index in [9.17, 15) is 4.79 Å². The first-order chi connectivity index (χ1) is 10.1. The lowest BCUT2D eigenvalue weighted by atomic mass is 10.1. The minimum absolute atomic E-state index is 0.0770. The van der Waals surface area contributed by atoms with Gasteiger partial charge in [-0.3, -0.25) is 9.69 Å². The van der Waals surface area contributed by atoms with Crippen LogP contribution in [0.4, 0.5) is 0 Å². The quantitative estimate of drug-likeness (QED) is 0.849. The predicted molar refractivity (Wildman–Crippen MR) is 78.2 cm³/mol. The molecule has 7 heteroatoms. The summed E-state index contributed by atoms with van der Waals surface area (Å²) >= 11 is 5.74. The lowest BCUT2D eigenvalue weighted by Gasteiger charge is -2.38. The number of furan rings is 1. The standard InChI is InChI=1S/C14H17ClN4O2/c1-17-7-8-19(14(20)11-3-4-12(15)21-11)9-10(17)13-16-5-6-18(13)2/h3-6,10H,7-9H2,1-2H3/t10-/m0/s1. The van der Waals surface area contributed by atoms with Gasteiger partial charge >= 0.3 is 0 Å². The monoisotopic (exact) mass is 308 g/mol. The van der Waals surface area contributed by atoms with E-state index < -0.39 is 0 Å². The number of nitrogens with zero attached hydrogens (tertiary/aromatic N) is 4. The number of halogens is 1. The highest BCUT2D eigenvalue weighted by molar-refractivity contribution is 6.29. The third kappa shape index (κ3) is 2.69. The molecule has 1 atom stereocenters. The highest BCUT2D eigenvalue weighted by Crippen LogP contribution is 2.24. The van der Waals surface area contributed by atoms with Crippen LogP contribution in [0.15, 0.2) is 28.9 Å². The number of hydrogen-bond acceptors (Lipinski definition) is 4. The SMILES string of the molecule is CN1CCN(C(=O)c2ccc(Cl)o2)C[C@H]1c1nccn1C. The molecule has 0 bridgehead atoms. The Labute approximate surface area is 127 Å². The molecule has 0 aliphatic carbocycles. The fourth-order valence-electron chi connectivity index (χ4n) is 2.62. The van der Waals surface area contributed by atoms with Crippen LogP contribution >= 0.6 is 11.6 Å². The first-order valence-corrected chi connectivity index (χ1v) is 7.16. The summed E-state index contributed by atoms with van der Waals surface area (Å²) in [6.45, 7) is 2.03. The van der Waals surface area contributed by atoms with Gasteiger partial charge in [0.05, 0.1) is 6.04 Å². The van der Waals surface area contributed by atoms with Crippen LogP contribution in [-0.2, 0) is 7.05 Å². The molecule has 2 aromatic rings. The lowest BCUT2D eigenvalue weighted by molar-refractivity contribution is 0.0500. The zero-order valence-electron chi connectivity index (χ0n) is 12.0. The van der Waals surface area contributed by atoms with Crippen molar-refractivity contribution in [2.24, 2.45) is 7.05 Å². The summed E-state index contributed by atoms with van der Waals surface area (Å²) in [4.78, 5) is 20.8. The van der Waals surface area contributed by atoms with Crippen LogP contribution in [0.25, 0.3) is 0 Å². The Balaban J connectivity index is 1.80. The molecular weight excluding hydrogens is 292 g/mol. The number of hydrogen-bond donors (Lipinski definition) is 0. The molecule has 1 amide bonds. The molecule has 1 aliphatic rings. The van der Waals surface area contributed by atoms with Crippen LogP contribution in [0.2, 0.25) is 5.22 Å². The van der Waals surface area contributed by atoms with Gasteiger partial charge in [-0.05, 0) is 30.8 Å². The number of likely N-dealkylation sites (N-methyl/N-ethyl adjacent to an activating group) is 1. The van der Waals surface area contributed by atoms with Crippen LogP contribution in [0, 0.1) is 0 Å². The minimum Gasteiger partial charge on any atom is -0.440 e. The molecule has 3 rings (SSSR count). The summed E-state index contributed by atoms with van der Waals surface area (Å²) in [7, 11) is 4.01. The van der Waals surface area contributed by atoms with E-state index in [-0.39, 0.29) is 22.9 Å². The fraction of sp³-hybridized carbons (Fsp3) is 0.429. The van der Waals surface area contributed by atoms with Gasteiger partial charge in [-0.25, -0.2) is 4.98 Å². The predicted octanol–water partition coefficient (Wildman–Crippen LogP) is 1.80. The van der Waals surface area contributed by atoms with Crippen molar-refractivity contribution in [1.29, 1.82) is 0 Å². The molecule has 0 aromatic carbocycles. The summed E-state index contributed by atoms with van der Waals surface area (Å²) < 4.78 is 7.20. The van der Waals surface area contributed by atoms with Crippen LogP contribution < -0.4 is 0 Å². The highest BCUT2D eigenvalue weighted by atomic mass is 35.5. The molecule has 3 heterocycles. The maximum atomic E-state index is 12.4. The van der Waals surface area contributed by atoms with Gasteiger partial charge in [0, 0.05) is 39.1 Å². The van der Waals surface area contributed by atoms with Gasteiger partial charge in [-0.2, -0.15) is 0 Å². The van der Waals surface area contributed by atoms with Gasteiger partial charge in [0.2, 0.25) is 0 Å². The number of rotatable bonds is 2. The summed E-state index contributed by atoms with van der Waals surface area (Å²) in [5.41, 5.74) is 0. The molecule has 1 fully saturated rings. The average molecular weight is 309 g/mol. The van der Waals surface area contributed by atoms with Crippen molar-refractivity contribution in [1.82, 2.24) is 19.4 Å². The zero-order chi connectivity index (χ0) is 15.0. The van der Waals surface area contributed by atoms with E-state index in [1.807, 2.05) is 24.9 Å². The highest BCUT2D eigenvalue weighted by Gasteiger charge is 2.32. The Bertz CT molecular complexity index is 651. The van der Waals surface area contributed by atoms with E-state index in [0.29, 0.717) is 13.1 Å². The molecule has 6 nitrogen and oxygen atoms in total. The second-order valence-corrected chi connectivity index (χ2v) is 5.62. The number of imidazole rings is 1. The molecule has 0 saturated carbocycles. The summed E-state index contributed by atoms with van der Waals surface area (Å²) in [6, 6.07) is 3.27. The van der Waals surface area contributed by atoms with Crippen LogP contribution in [0.3, 0.4) is 0 Å². The second kappa shape index (κ2) is 5.54. The number of carbonyl (C=O) groups is 1. The number of carbonyl (C=O) groups excluding carboxylic acids is 1. The Hall–Kier alpha value is -1.79. The topological polar surface area (TPSA) is 54.5 Å². The van der Waals surface area contributed by atoms with Gasteiger partial charge in [0.15, 0.2) is 11.0 Å².